The maximum absolute atomic E-state index is 12.5. The van der Waals surface area contributed by atoms with Gasteiger partial charge >= 0.3 is 0 Å². The number of fused-ring (bicyclic) bond motifs is 1. The number of hydrogen-bond acceptors (Lipinski definition) is 5. The van der Waals surface area contributed by atoms with Gasteiger partial charge in [-0.2, -0.15) is 5.10 Å². The molecule has 1 N–H and O–H groups in total. The van der Waals surface area contributed by atoms with E-state index >= 15 is 0 Å². The first-order chi connectivity index (χ1) is 14.1. The summed E-state index contributed by atoms with van der Waals surface area (Å²) in [6, 6.07) is 5.88. The third kappa shape index (κ3) is 4.39. The number of carbonyl (C=O) groups excluding carboxylic acids is 1. The van der Waals surface area contributed by atoms with Crippen LogP contribution in [0.3, 0.4) is 0 Å². The van der Waals surface area contributed by atoms with Crippen molar-refractivity contribution < 1.29 is 4.79 Å². The maximum Gasteiger partial charge on any atom is 0.251 e. The Morgan fingerprint density at radius 1 is 1.03 bits per heavy atom. The van der Waals surface area contributed by atoms with Crippen molar-refractivity contribution in [2.24, 2.45) is 0 Å². The highest BCUT2D eigenvalue weighted by molar-refractivity contribution is 5.94. The second-order valence-corrected chi connectivity index (χ2v) is 7.84. The molecule has 152 valence electrons. The number of carbonyl (C=O) groups is 1. The second-order valence-electron chi connectivity index (χ2n) is 7.84. The van der Waals surface area contributed by atoms with Gasteiger partial charge in [-0.05, 0) is 38.8 Å². The van der Waals surface area contributed by atoms with Gasteiger partial charge in [-0.15, -0.1) is 0 Å². The van der Waals surface area contributed by atoms with Gasteiger partial charge in [0.1, 0.15) is 12.1 Å². The van der Waals surface area contributed by atoms with Crippen molar-refractivity contribution in [1.29, 1.82) is 0 Å². The van der Waals surface area contributed by atoms with Crippen molar-refractivity contribution in [3.05, 3.63) is 47.4 Å². The van der Waals surface area contributed by atoms with Gasteiger partial charge in [-0.25, -0.2) is 14.6 Å². The normalized spacial score (nSPS) is 14.8. The summed E-state index contributed by atoms with van der Waals surface area (Å²) in [6.45, 7) is 7.12. The third-order valence-corrected chi connectivity index (χ3v) is 5.41. The molecule has 0 spiro atoms. The fourth-order valence-electron chi connectivity index (χ4n) is 4.06. The van der Waals surface area contributed by atoms with E-state index in [9.17, 15) is 4.79 Å². The Hall–Kier alpha value is -2.96. The van der Waals surface area contributed by atoms with E-state index in [1.165, 1.54) is 25.7 Å². The molecule has 3 aromatic rings. The molecule has 2 aromatic heterocycles. The Labute approximate surface area is 171 Å². The zero-order valence-corrected chi connectivity index (χ0v) is 17.2. The van der Waals surface area contributed by atoms with E-state index in [1.807, 2.05) is 36.9 Å². The third-order valence-electron chi connectivity index (χ3n) is 5.41. The van der Waals surface area contributed by atoms with Crippen LogP contribution in [0.2, 0.25) is 0 Å². The molecule has 7 heteroatoms. The molecular formula is C22H28N6O. The highest BCUT2D eigenvalue weighted by Gasteiger charge is 2.17. The molecule has 0 bridgehead atoms. The van der Waals surface area contributed by atoms with Crippen molar-refractivity contribution in [1.82, 2.24) is 25.1 Å². The highest BCUT2D eigenvalue weighted by Crippen LogP contribution is 2.25. The summed E-state index contributed by atoms with van der Waals surface area (Å²) in [5, 5.41) is 8.48. The zero-order chi connectivity index (χ0) is 20.2. The quantitative estimate of drug-likeness (QED) is 0.721. The molecular weight excluding hydrogens is 364 g/mol. The van der Waals surface area contributed by atoms with Gasteiger partial charge in [0.25, 0.3) is 5.91 Å². The number of rotatable bonds is 5. The predicted octanol–water partition coefficient (Wildman–Crippen LogP) is 3.25. The maximum atomic E-state index is 12.5. The molecule has 0 atom stereocenters. The molecule has 1 aliphatic heterocycles. The van der Waals surface area contributed by atoms with Gasteiger partial charge in [0, 0.05) is 25.2 Å². The average Bonchev–Trinajstić information content (AvgIpc) is 2.93. The summed E-state index contributed by atoms with van der Waals surface area (Å²) < 4.78 is 1.85. The minimum Gasteiger partial charge on any atom is -0.356 e. The summed E-state index contributed by atoms with van der Waals surface area (Å²) in [5.41, 5.74) is 3.69. The lowest BCUT2D eigenvalue weighted by atomic mass is 10.1. The number of hydrogen-bond donors (Lipinski definition) is 1. The second kappa shape index (κ2) is 8.59. The molecule has 1 aliphatic rings. The number of benzene rings is 1. The van der Waals surface area contributed by atoms with Crippen molar-refractivity contribution in [3.8, 4) is 0 Å². The molecule has 0 unspecified atom stereocenters. The fourth-order valence-corrected chi connectivity index (χ4v) is 4.06. The number of aromatic nitrogens is 4. The van der Waals surface area contributed by atoms with Gasteiger partial charge in [-0.3, -0.25) is 4.79 Å². The van der Waals surface area contributed by atoms with Crippen LogP contribution >= 0.6 is 0 Å². The highest BCUT2D eigenvalue weighted by atomic mass is 16.1. The number of aryl methyl sites for hydroxylation is 2. The molecule has 4 rings (SSSR count). The Morgan fingerprint density at radius 2 is 1.76 bits per heavy atom. The summed E-state index contributed by atoms with van der Waals surface area (Å²) in [5.74, 6) is 0.913. The van der Waals surface area contributed by atoms with Crippen LogP contribution in [0.5, 0.6) is 0 Å². The molecule has 0 saturated carbocycles. The number of nitrogens with zero attached hydrogens (tertiary/aromatic N) is 5. The molecule has 1 amide bonds. The van der Waals surface area contributed by atoms with Crippen LogP contribution in [0, 0.1) is 13.8 Å². The summed E-state index contributed by atoms with van der Waals surface area (Å²) in [4.78, 5) is 23.8. The van der Waals surface area contributed by atoms with Gasteiger partial charge in [-0.1, -0.05) is 30.0 Å². The van der Waals surface area contributed by atoms with E-state index in [0.717, 1.165) is 41.1 Å². The topological polar surface area (TPSA) is 75.9 Å². The summed E-state index contributed by atoms with van der Waals surface area (Å²) in [6.07, 6.45) is 8.43. The lowest BCUT2D eigenvalue weighted by molar-refractivity contribution is 0.0952. The standard InChI is InChI=1S/C22H28N6O/c1-16-11-17(2)13-18(12-16)22(29)23-7-10-28-21-19(14-26-28)20(24-15-25-21)27-8-5-3-4-6-9-27/h11-15H,3-10H2,1-2H3,(H,23,29). The van der Waals surface area contributed by atoms with E-state index in [4.69, 9.17) is 0 Å². The Morgan fingerprint density at radius 3 is 2.48 bits per heavy atom. The smallest absolute Gasteiger partial charge is 0.251 e. The molecule has 1 aromatic carbocycles. The van der Waals surface area contributed by atoms with Crippen LogP contribution in [0.25, 0.3) is 11.0 Å². The van der Waals surface area contributed by atoms with Gasteiger partial charge in [0.05, 0.1) is 18.1 Å². The number of amides is 1. The number of nitrogens with one attached hydrogen (secondary N) is 1. The van der Waals surface area contributed by atoms with Crippen LogP contribution in [0.1, 0.15) is 47.2 Å². The van der Waals surface area contributed by atoms with E-state index in [2.05, 4.69) is 31.3 Å². The fraction of sp³-hybridized carbons (Fsp3) is 0.455. The monoisotopic (exact) mass is 392 g/mol. The van der Waals surface area contributed by atoms with Gasteiger partial charge in [0.15, 0.2) is 5.65 Å². The summed E-state index contributed by atoms with van der Waals surface area (Å²) in [7, 11) is 0. The van der Waals surface area contributed by atoms with Crippen LogP contribution < -0.4 is 10.2 Å². The lowest BCUT2D eigenvalue weighted by Gasteiger charge is -2.21. The number of anilines is 1. The Balaban J connectivity index is 1.45. The van der Waals surface area contributed by atoms with Gasteiger partial charge in [0.2, 0.25) is 0 Å². The van der Waals surface area contributed by atoms with E-state index in [-0.39, 0.29) is 5.91 Å². The first kappa shape index (κ1) is 19.4. The van der Waals surface area contributed by atoms with Crippen molar-refractivity contribution >= 4 is 22.8 Å². The molecule has 7 nitrogen and oxygen atoms in total. The van der Waals surface area contributed by atoms with Crippen molar-refractivity contribution in [2.45, 2.75) is 46.1 Å². The first-order valence-corrected chi connectivity index (χ1v) is 10.4. The minimum absolute atomic E-state index is 0.0619. The van der Waals surface area contributed by atoms with Crippen LogP contribution in [0.4, 0.5) is 5.82 Å². The lowest BCUT2D eigenvalue weighted by Crippen LogP contribution is -2.27. The van der Waals surface area contributed by atoms with Crippen LogP contribution in [0.15, 0.2) is 30.7 Å². The van der Waals surface area contributed by atoms with Gasteiger partial charge < -0.3 is 10.2 Å². The van der Waals surface area contributed by atoms with E-state index in [1.54, 1.807) is 6.33 Å². The first-order valence-electron chi connectivity index (χ1n) is 10.4. The molecule has 29 heavy (non-hydrogen) atoms. The van der Waals surface area contributed by atoms with Crippen molar-refractivity contribution in [3.63, 3.8) is 0 Å². The largest absolute Gasteiger partial charge is 0.356 e. The van der Waals surface area contributed by atoms with Crippen LogP contribution in [-0.2, 0) is 6.54 Å². The molecule has 3 heterocycles. The summed E-state index contributed by atoms with van der Waals surface area (Å²) >= 11 is 0. The average molecular weight is 393 g/mol. The molecule has 0 radical (unpaired) electrons. The Kier molecular flexibility index (Phi) is 5.74. The predicted molar refractivity (Wildman–Crippen MR) is 114 cm³/mol. The molecule has 1 saturated heterocycles. The SMILES string of the molecule is Cc1cc(C)cc(C(=O)NCCn2ncc3c(N4CCCCCC4)ncnc32)c1. The zero-order valence-electron chi connectivity index (χ0n) is 17.2. The minimum atomic E-state index is -0.0619. The Bertz CT molecular complexity index is 983. The molecule has 1 fully saturated rings. The van der Waals surface area contributed by atoms with E-state index < -0.39 is 0 Å². The van der Waals surface area contributed by atoms with E-state index in [0.29, 0.717) is 18.7 Å². The van der Waals surface area contributed by atoms with Crippen molar-refractivity contribution in [2.75, 3.05) is 24.5 Å². The molecule has 0 aliphatic carbocycles. The van der Waals surface area contributed by atoms with Crippen LogP contribution in [-0.4, -0.2) is 45.3 Å².